The van der Waals surface area contributed by atoms with Gasteiger partial charge in [-0.2, -0.15) is 30.7 Å². The summed E-state index contributed by atoms with van der Waals surface area (Å²) < 4.78 is 111. The van der Waals surface area contributed by atoms with E-state index in [1.165, 1.54) is 0 Å². The number of hydrogen-bond donors (Lipinski definition) is 0. The normalized spacial score (nSPS) is 14.5. The maximum atomic E-state index is 12.1. The molecule has 0 spiro atoms. The third-order valence-electron chi connectivity index (χ3n) is 1.16. The van der Waals surface area contributed by atoms with Crippen molar-refractivity contribution in [1.29, 1.82) is 0 Å². The van der Waals surface area contributed by atoms with E-state index in [0.29, 0.717) is 0 Å². The van der Waals surface area contributed by atoms with Crippen LogP contribution >= 0.6 is 0 Å². The van der Waals surface area contributed by atoms with E-state index >= 15 is 0 Å². The summed E-state index contributed by atoms with van der Waals surface area (Å²) in [5.41, 5.74) is 0. The van der Waals surface area contributed by atoms with E-state index in [1.54, 1.807) is 0 Å². The van der Waals surface area contributed by atoms with Crippen LogP contribution in [0.3, 0.4) is 0 Å². The first-order chi connectivity index (χ1) is 6.21. The second-order valence-corrected chi connectivity index (χ2v) is 3.89. The van der Waals surface area contributed by atoms with E-state index in [9.17, 15) is 43.7 Å². The van der Waals surface area contributed by atoms with Crippen LogP contribution in [0.15, 0.2) is 0 Å². The predicted molar refractivity (Wildman–Crippen MR) is 30.3 cm³/mol. The molecule has 0 aliphatic rings. The Morgan fingerprint density at radius 2 is 1.25 bits per heavy atom. The molecule has 92 valence electrons. The molecule has 0 aliphatic heterocycles. The minimum atomic E-state index is -6.87. The molecule has 0 atom stereocenters. The number of rotatable bonds is 3. The third-order valence-corrected chi connectivity index (χ3v) is 2.09. The van der Waals surface area contributed by atoms with Crippen molar-refractivity contribution in [2.24, 2.45) is 0 Å². The van der Waals surface area contributed by atoms with Gasteiger partial charge in [0.15, 0.2) is 10.1 Å². The van der Waals surface area contributed by atoms with Gasteiger partial charge < -0.3 is 4.55 Å². The largest absolute Gasteiger partial charge is 1.00 e. The molecule has 0 rings (SSSR count). The first-order valence-electron chi connectivity index (χ1n) is 2.98. The summed E-state index contributed by atoms with van der Waals surface area (Å²) in [6.45, 7) is 0. The van der Waals surface area contributed by atoms with Gasteiger partial charge in [-0.25, -0.2) is 8.42 Å². The monoisotopic (exact) mass is 270 g/mol. The molecule has 0 bridgehead atoms. The number of alkyl halides is 7. The molecule has 0 aromatic carbocycles. The van der Waals surface area contributed by atoms with Gasteiger partial charge in [0, 0.05) is 0 Å². The average molecular weight is 270 g/mol. The van der Waals surface area contributed by atoms with Crippen molar-refractivity contribution in [3.63, 3.8) is 0 Å². The van der Waals surface area contributed by atoms with E-state index in [-0.39, 0.29) is 18.9 Å². The molecule has 0 fully saturated rings. The molecular formula is C4H2F7LiO3S. The Hall–Kier alpha value is 0.0174. The quantitative estimate of drug-likeness (QED) is 0.364. The van der Waals surface area contributed by atoms with Crippen molar-refractivity contribution >= 4 is 10.1 Å². The van der Waals surface area contributed by atoms with Gasteiger partial charge in [0.1, 0.15) is 6.42 Å². The van der Waals surface area contributed by atoms with Crippen molar-refractivity contribution in [3.05, 3.63) is 0 Å². The summed E-state index contributed by atoms with van der Waals surface area (Å²) in [5, 5.41) is -6.30. The molecule has 0 heterocycles. The molecule has 0 saturated carbocycles. The first-order valence-corrected chi connectivity index (χ1v) is 4.39. The summed E-state index contributed by atoms with van der Waals surface area (Å²) in [6.07, 6.45) is -9.12. The Balaban J connectivity index is 0. The minimum Gasteiger partial charge on any atom is -0.743 e. The molecule has 0 N–H and O–H groups in total. The first kappa shape index (κ1) is 18.4. The van der Waals surface area contributed by atoms with Crippen LogP contribution in [0, 0.1) is 0 Å². The zero-order valence-corrected chi connectivity index (χ0v) is 8.30. The fourth-order valence-corrected chi connectivity index (χ4v) is 0.975. The van der Waals surface area contributed by atoms with Crippen molar-refractivity contribution in [3.8, 4) is 0 Å². The Morgan fingerprint density at radius 1 is 0.938 bits per heavy atom. The standard InChI is InChI=1S/C4H3F7O3S.Li/c5-2(6,1-3(7,8)9)4(10,11)15(12,13)14;/h1H2,(H,12,13,14);/q;+1/p-1. The summed E-state index contributed by atoms with van der Waals surface area (Å²) in [7, 11) is -6.87. The Bertz CT molecular complexity index is 334. The number of halogens is 7. The molecule has 0 radical (unpaired) electrons. The van der Waals surface area contributed by atoms with E-state index in [1.807, 2.05) is 0 Å². The van der Waals surface area contributed by atoms with Crippen LogP contribution in [0.2, 0.25) is 0 Å². The molecule has 0 amide bonds. The second kappa shape index (κ2) is 4.71. The van der Waals surface area contributed by atoms with Gasteiger partial charge in [0.05, 0.1) is 0 Å². The van der Waals surface area contributed by atoms with Gasteiger partial charge in [-0.3, -0.25) is 0 Å². The summed E-state index contributed by atoms with van der Waals surface area (Å²) in [6, 6.07) is 0. The van der Waals surface area contributed by atoms with Gasteiger partial charge in [-0.15, -0.1) is 0 Å². The van der Waals surface area contributed by atoms with Crippen LogP contribution in [-0.4, -0.2) is 30.3 Å². The fourth-order valence-electron chi connectivity index (χ4n) is 0.538. The Morgan fingerprint density at radius 3 is 1.44 bits per heavy atom. The van der Waals surface area contributed by atoms with Crippen LogP contribution in [0.1, 0.15) is 6.42 Å². The van der Waals surface area contributed by atoms with Gasteiger partial charge in [-0.1, -0.05) is 0 Å². The molecule has 16 heavy (non-hydrogen) atoms. The maximum absolute atomic E-state index is 12.1. The van der Waals surface area contributed by atoms with Gasteiger partial charge in [0.2, 0.25) is 0 Å². The molecule has 12 heteroatoms. The van der Waals surface area contributed by atoms with Gasteiger partial charge >= 0.3 is 36.2 Å². The summed E-state index contributed by atoms with van der Waals surface area (Å²) >= 11 is 0. The van der Waals surface area contributed by atoms with E-state index in [4.69, 9.17) is 0 Å². The summed E-state index contributed by atoms with van der Waals surface area (Å²) in [5.74, 6) is -5.99. The van der Waals surface area contributed by atoms with Crippen LogP contribution in [0.5, 0.6) is 0 Å². The predicted octanol–water partition coefficient (Wildman–Crippen LogP) is -1.28. The SMILES string of the molecule is O=S(=O)([O-])C(F)(F)C(F)(F)CC(F)(F)F.[Li+]. The van der Waals surface area contributed by atoms with Crippen LogP contribution in [0.25, 0.3) is 0 Å². The Labute approximate surface area is 96.9 Å². The molecule has 3 nitrogen and oxygen atoms in total. The Kier molecular flexibility index (Phi) is 5.42. The van der Waals surface area contributed by atoms with Crippen molar-refractivity contribution < 1.29 is 62.6 Å². The zero-order valence-electron chi connectivity index (χ0n) is 7.49. The van der Waals surface area contributed by atoms with E-state index in [0.717, 1.165) is 0 Å². The smallest absolute Gasteiger partial charge is 0.743 e. The molecule has 0 unspecified atom stereocenters. The maximum Gasteiger partial charge on any atom is 1.00 e. The van der Waals surface area contributed by atoms with Crippen LogP contribution < -0.4 is 18.9 Å². The third kappa shape index (κ3) is 4.12. The molecule has 0 aromatic heterocycles. The molecule has 0 aromatic rings. The topological polar surface area (TPSA) is 57.2 Å². The molecular weight excluding hydrogens is 268 g/mol. The minimum absolute atomic E-state index is 0. The van der Waals surface area contributed by atoms with Crippen molar-refractivity contribution in [2.45, 2.75) is 23.8 Å². The van der Waals surface area contributed by atoms with E-state index < -0.39 is 33.9 Å². The summed E-state index contributed by atoms with van der Waals surface area (Å²) in [4.78, 5) is 0. The van der Waals surface area contributed by atoms with Crippen LogP contribution in [-0.2, 0) is 10.1 Å². The molecule has 0 aliphatic carbocycles. The average Bonchev–Trinajstić information content (AvgIpc) is 1.77. The van der Waals surface area contributed by atoms with Gasteiger partial charge in [-0.05, 0) is 0 Å². The van der Waals surface area contributed by atoms with Crippen molar-refractivity contribution in [2.75, 3.05) is 0 Å². The fraction of sp³-hybridized carbons (Fsp3) is 1.00. The molecule has 0 saturated heterocycles. The second-order valence-electron chi connectivity index (χ2n) is 2.47. The van der Waals surface area contributed by atoms with Gasteiger partial charge in [0.25, 0.3) is 0 Å². The van der Waals surface area contributed by atoms with Crippen LogP contribution in [0.4, 0.5) is 30.7 Å². The number of hydrogen-bond acceptors (Lipinski definition) is 3. The van der Waals surface area contributed by atoms with E-state index in [2.05, 4.69) is 0 Å². The zero-order chi connectivity index (χ0) is 12.7. The van der Waals surface area contributed by atoms with Crippen molar-refractivity contribution in [1.82, 2.24) is 0 Å².